The summed E-state index contributed by atoms with van der Waals surface area (Å²) in [6.45, 7) is 2.34. The molecule has 1 aliphatic rings. The van der Waals surface area contributed by atoms with Crippen molar-refractivity contribution in [2.75, 3.05) is 11.4 Å². The maximum atomic E-state index is 11.7. The summed E-state index contributed by atoms with van der Waals surface area (Å²) >= 11 is 2.16. The maximum absolute atomic E-state index is 11.7. The normalized spacial score (nSPS) is 14.9. The number of amides is 1. The van der Waals surface area contributed by atoms with Crippen LogP contribution in [0.1, 0.15) is 24.2 Å². The average Bonchev–Trinajstić information content (AvgIpc) is 3.09. The zero-order valence-electron chi connectivity index (χ0n) is 11.6. The van der Waals surface area contributed by atoms with Crippen molar-refractivity contribution in [1.29, 1.82) is 0 Å². The summed E-state index contributed by atoms with van der Waals surface area (Å²) in [6.07, 6.45) is 1.63. The van der Waals surface area contributed by atoms with E-state index in [-0.39, 0.29) is 5.91 Å². The van der Waals surface area contributed by atoms with E-state index in [1.807, 2.05) is 29.2 Å². The first-order chi connectivity index (χ1) is 10.2. The van der Waals surface area contributed by atoms with E-state index in [4.69, 9.17) is 4.42 Å². The molecule has 1 fully saturated rings. The highest BCUT2D eigenvalue weighted by Crippen LogP contribution is 2.21. The maximum Gasteiger partial charge on any atom is 0.227 e. The Morgan fingerprint density at radius 1 is 1.14 bits per heavy atom. The number of nitrogens with zero attached hydrogens (tertiary/aromatic N) is 1. The molecule has 1 aliphatic heterocycles. The zero-order chi connectivity index (χ0) is 14.7. The highest BCUT2D eigenvalue weighted by molar-refractivity contribution is 14.1. The van der Waals surface area contributed by atoms with Crippen LogP contribution in [0.25, 0.3) is 0 Å². The number of benzene rings is 1. The number of nitrogens with one attached hydrogen (secondary N) is 1. The standard InChI is InChI=1S/C16H17IN2O2/c17-15-8-7-14(21-15)11-18-10-12-3-5-13(6-4-12)19-9-1-2-16(19)20/h3-8,18H,1-2,9-11H2. The number of carbonyl (C=O) groups excluding carboxylic acids is 1. The van der Waals surface area contributed by atoms with Crippen LogP contribution in [0.5, 0.6) is 0 Å². The van der Waals surface area contributed by atoms with Gasteiger partial charge in [0.1, 0.15) is 5.76 Å². The Bertz CT molecular complexity index is 621. The molecular weight excluding hydrogens is 379 g/mol. The van der Waals surface area contributed by atoms with Crippen molar-refractivity contribution in [3.8, 4) is 0 Å². The summed E-state index contributed by atoms with van der Waals surface area (Å²) in [6, 6.07) is 12.1. The van der Waals surface area contributed by atoms with E-state index in [2.05, 4.69) is 40.0 Å². The van der Waals surface area contributed by atoms with E-state index in [1.54, 1.807) is 0 Å². The molecule has 110 valence electrons. The first-order valence-electron chi connectivity index (χ1n) is 7.06. The van der Waals surface area contributed by atoms with Gasteiger partial charge in [-0.15, -0.1) is 0 Å². The summed E-state index contributed by atoms with van der Waals surface area (Å²) in [5.74, 6) is 1.17. The van der Waals surface area contributed by atoms with Gasteiger partial charge in [0.05, 0.1) is 6.54 Å². The molecule has 2 aromatic rings. The van der Waals surface area contributed by atoms with Crippen LogP contribution in [0, 0.1) is 3.77 Å². The number of rotatable bonds is 5. The number of furan rings is 1. The predicted molar refractivity (Wildman–Crippen MR) is 90.0 cm³/mol. The lowest BCUT2D eigenvalue weighted by Crippen LogP contribution is -2.23. The third-order valence-electron chi connectivity index (χ3n) is 3.58. The van der Waals surface area contributed by atoms with Gasteiger partial charge in [-0.05, 0) is 58.8 Å². The Morgan fingerprint density at radius 3 is 2.57 bits per heavy atom. The molecule has 1 amide bonds. The Morgan fingerprint density at radius 2 is 1.95 bits per heavy atom. The molecule has 0 spiro atoms. The highest BCUT2D eigenvalue weighted by Gasteiger charge is 2.21. The van der Waals surface area contributed by atoms with Gasteiger partial charge < -0.3 is 14.6 Å². The van der Waals surface area contributed by atoms with Crippen LogP contribution in [0.4, 0.5) is 5.69 Å². The molecule has 0 atom stereocenters. The summed E-state index contributed by atoms with van der Waals surface area (Å²) in [7, 11) is 0. The number of anilines is 1. The summed E-state index contributed by atoms with van der Waals surface area (Å²) < 4.78 is 6.41. The van der Waals surface area contributed by atoms with Gasteiger partial charge in [0.25, 0.3) is 0 Å². The van der Waals surface area contributed by atoms with Crippen LogP contribution < -0.4 is 10.2 Å². The second kappa shape index (κ2) is 6.62. The van der Waals surface area contributed by atoms with E-state index in [9.17, 15) is 4.79 Å². The molecule has 5 heteroatoms. The Kier molecular flexibility index (Phi) is 4.60. The summed E-state index contributed by atoms with van der Waals surface area (Å²) in [4.78, 5) is 13.6. The monoisotopic (exact) mass is 396 g/mol. The molecule has 0 saturated carbocycles. The van der Waals surface area contributed by atoms with E-state index in [0.717, 1.165) is 41.3 Å². The Balaban J connectivity index is 1.53. The zero-order valence-corrected chi connectivity index (χ0v) is 13.8. The second-order valence-electron chi connectivity index (χ2n) is 5.12. The van der Waals surface area contributed by atoms with Crippen molar-refractivity contribution in [3.63, 3.8) is 0 Å². The van der Waals surface area contributed by atoms with Gasteiger partial charge in [-0.1, -0.05) is 12.1 Å². The van der Waals surface area contributed by atoms with Crippen molar-refractivity contribution in [1.82, 2.24) is 5.32 Å². The number of carbonyl (C=O) groups is 1. The largest absolute Gasteiger partial charge is 0.454 e. The third-order valence-corrected chi connectivity index (χ3v) is 4.16. The Hall–Kier alpha value is -1.34. The molecule has 1 aromatic heterocycles. The van der Waals surface area contributed by atoms with Crippen molar-refractivity contribution in [2.24, 2.45) is 0 Å². The lowest BCUT2D eigenvalue weighted by Gasteiger charge is -2.16. The molecule has 0 radical (unpaired) electrons. The van der Waals surface area contributed by atoms with Crippen molar-refractivity contribution < 1.29 is 9.21 Å². The smallest absolute Gasteiger partial charge is 0.227 e. The molecular formula is C16H17IN2O2. The van der Waals surface area contributed by atoms with Crippen molar-refractivity contribution in [2.45, 2.75) is 25.9 Å². The number of halogens is 1. The highest BCUT2D eigenvalue weighted by atomic mass is 127. The first-order valence-corrected chi connectivity index (χ1v) is 8.14. The fraction of sp³-hybridized carbons (Fsp3) is 0.312. The molecule has 1 saturated heterocycles. The molecule has 2 heterocycles. The van der Waals surface area contributed by atoms with Crippen LogP contribution in [0.3, 0.4) is 0 Å². The van der Waals surface area contributed by atoms with Crippen LogP contribution in [0.15, 0.2) is 40.8 Å². The molecule has 0 unspecified atom stereocenters. The van der Waals surface area contributed by atoms with Gasteiger partial charge in [-0.25, -0.2) is 0 Å². The molecule has 1 N–H and O–H groups in total. The summed E-state index contributed by atoms with van der Waals surface area (Å²) in [5.41, 5.74) is 2.20. The van der Waals surface area contributed by atoms with E-state index >= 15 is 0 Å². The van der Waals surface area contributed by atoms with Gasteiger partial charge in [-0.2, -0.15) is 0 Å². The minimum absolute atomic E-state index is 0.230. The first kappa shape index (κ1) is 14.6. The van der Waals surface area contributed by atoms with Crippen molar-refractivity contribution >= 4 is 34.2 Å². The van der Waals surface area contributed by atoms with Crippen LogP contribution in [-0.2, 0) is 17.9 Å². The quantitative estimate of drug-likeness (QED) is 0.789. The molecule has 21 heavy (non-hydrogen) atoms. The van der Waals surface area contributed by atoms with Crippen LogP contribution in [-0.4, -0.2) is 12.5 Å². The fourth-order valence-corrected chi connectivity index (χ4v) is 2.95. The lowest BCUT2D eigenvalue weighted by atomic mass is 10.2. The molecule has 3 rings (SSSR count). The minimum Gasteiger partial charge on any atom is -0.454 e. The van der Waals surface area contributed by atoms with Crippen LogP contribution in [0.2, 0.25) is 0 Å². The van der Waals surface area contributed by atoms with Gasteiger partial charge in [0, 0.05) is 25.2 Å². The SMILES string of the molecule is O=C1CCCN1c1ccc(CNCc2ccc(I)o2)cc1. The predicted octanol–water partition coefficient (Wildman–Crippen LogP) is 3.30. The van der Waals surface area contributed by atoms with Gasteiger partial charge in [-0.3, -0.25) is 4.79 Å². The molecule has 0 bridgehead atoms. The Labute approximate surface area is 137 Å². The van der Waals surface area contributed by atoms with Crippen LogP contribution >= 0.6 is 22.6 Å². The van der Waals surface area contributed by atoms with Crippen molar-refractivity contribution in [3.05, 3.63) is 51.5 Å². The molecule has 4 nitrogen and oxygen atoms in total. The van der Waals surface area contributed by atoms with E-state index in [0.29, 0.717) is 6.42 Å². The molecule has 0 aliphatic carbocycles. The average molecular weight is 396 g/mol. The van der Waals surface area contributed by atoms with E-state index < -0.39 is 0 Å². The van der Waals surface area contributed by atoms with Gasteiger partial charge >= 0.3 is 0 Å². The molecule has 1 aromatic carbocycles. The number of hydrogen-bond donors (Lipinski definition) is 1. The lowest BCUT2D eigenvalue weighted by molar-refractivity contribution is -0.117. The van der Waals surface area contributed by atoms with Gasteiger partial charge in [0.2, 0.25) is 5.91 Å². The minimum atomic E-state index is 0.230. The fourth-order valence-electron chi connectivity index (χ4n) is 2.49. The van der Waals surface area contributed by atoms with E-state index in [1.165, 1.54) is 5.56 Å². The topological polar surface area (TPSA) is 45.5 Å². The third kappa shape index (κ3) is 3.65. The summed E-state index contributed by atoms with van der Waals surface area (Å²) in [5, 5.41) is 3.35. The van der Waals surface area contributed by atoms with Gasteiger partial charge in [0.15, 0.2) is 3.77 Å². The second-order valence-corrected chi connectivity index (χ2v) is 6.19. The number of hydrogen-bond acceptors (Lipinski definition) is 3.